The minimum atomic E-state index is -1.03. The van der Waals surface area contributed by atoms with Gasteiger partial charge < -0.3 is 20.1 Å². The Morgan fingerprint density at radius 2 is 1.65 bits per heavy atom. The quantitative estimate of drug-likeness (QED) is 0.520. The number of aliphatic carboxylic acids is 1. The van der Waals surface area contributed by atoms with Crippen LogP contribution in [0, 0.1) is 0 Å². The van der Waals surface area contributed by atoms with E-state index in [2.05, 4.69) is 17.4 Å². The van der Waals surface area contributed by atoms with E-state index in [1.165, 1.54) is 4.90 Å². The molecule has 0 aliphatic heterocycles. The van der Waals surface area contributed by atoms with Crippen molar-refractivity contribution >= 4 is 29.7 Å². The SMILES string of the molecule is CSC(C)(C)CN(C)C(=O)C(CCC(=O)O)NC(=O)OCC1c2ccccc2-c2ccccc21. The highest BCUT2D eigenvalue weighted by molar-refractivity contribution is 7.99. The van der Waals surface area contributed by atoms with Crippen LogP contribution in [0.15, 0.2) is 48.5 Å². The lowest BCUT2D eigenvalue weighted by Crippen LogP contribution is -2.50. The Balaban J connectivity index is 1.68. The number of amides is 2. The Hall–Kier alpha value is -3.00. The molecule has 34 heavy (non-hydrogen) atoms. The number of fused-ring (bicyclic) bond motifs is 3. The average Bonchev–Trinajstić information content (AvgIpc) is 3.13. The lowest BCUT2D eigenvalue weighted by molar-refractivity contribution is -0.137. The fourth-order valence-electron chi connectivity index (χ4n) is 4.29. The summed E-state index contributed by atoms with van der Waals surface area (Å²) in [5.41, 5.74) is 4.43. The van der Waals surface area contributed by atoms with E-state index in [0.29, 0.717) is 6.54 Å². The van der Waals surface area contributed by atoms with Gasteiger partial charge in [0.2, 0.25) is 5.91 Å². The van der Waals surface area contributed by atoms with Gasteiger partial charge in [-0.25, -0.2) is 4.79 Å². The normalized spacial score (nSPS) is 13.5. The molecule has 0 aromatic heterocycles. The maximum absolute atomic E-state index is 13.0. The fourth-order valence-corrected chi connectivity index (χ4v) is 4.61. The summed E-state index contributed by atoms with van der Waals surface area (Å²) in [6.45, 7) is 4.62. The van der Waals surface area contributed by atoms with Crippen molar-refractivity contribution in [3.8, 4) is 11.1 Å². The third kappa shape index (κ3) is 6.11. The maximum atomic E-state index is 13.0. The predicted molar refractivity (Wildman–Crippen MR) is 134 cm³/mol. The number of rotatable bonds is 10. The monoisotopic (exact) mass is 484 g/mol. The molecule has 1 aliphatic rings. The summed E-state index contributed by atoms with van der Waals surface area (Å²) in [7, 11) is 1.66. The van der Waals surface area contributed by atoms with Gasteiger partial charge in [0.25, 0.3) is 0 Å². The highest BCUT2D eigenvalue weighted by atomic mass is 32.2. The molecule has 0 radical (unpaired) electrons. The lowest BCUT2D eigenvalue weighted by atomic mass is 9.98. The van der Waals surface area contributed by atoms with Crippen LogP contribution in [0.4, 0.5) is 4.79 Å². The van der Waals surface area contributed by atoms with Crippen LogP contribution >= 0.6 is 11.8 Å². The first-order valence-corrected chi connectivity index (χ1v) is 12.5. The molecule has 7 nitrogen and oxygen atoms in total. The lowest BCUT2D eigenvalue weighted by Gasteiger charge is -2.31. The number of ether oxygens (including phenoxy) is 1. The second kappa shape index (κ2) is 11.0. The fraction of sp³-hybridized carbons (Fsp3) is 0.423. The van der Waals surface area contributed by atoms with E-state index in [4.69, 9.17) is 9.84 Å². The van der Waals surface area contributed by atoms with Crippen LogP contribution in [-0.4, -0.2) is 65.2 Å². The van der Waals surface area contributed by atoms with Gasteiger partial charge in [0, 0.05) is 30.7 Å². The smallest absolute Gasteiger partial charge is 0.407 e. The third-order valence-electron chi connectivity index (χ3n) is 6.13. The van der Waals surface area contributed by atoms with Crippen molar-refractivity contribution in [2.45, 2.75) is 43.4 Å². The zero-order valence-electron chi connectivity index (χ0n) is 20.0. The molecule has 0 spiro atoms. The van der Waals surface area contributed by atoms with Gasteiger partial charge >= 0.3 is 12.1 Å². The molecule has 182 valence electrons. The van der Waals surface area contributed by atoms with Crippen LogP contribution in [0.2, 0.25) is 0 Å². The summed E-state index contributed by atoms with van der Waals surface area (Å²) in [6, 6.07) is 15.1. The molecule has 2 aromatic rings. The minimum Gasteiger partial charge on any atom is -0.481 e. The van der Waals surface area contributed by atoms with Crippen LogP contribution in [0.25, 0.3) is 11.1 Å². The average molecular weight is 485 g/mol. The van der Waals surface area contributed by atoms with Gasteiger partial charge in [-0.3, -0.25) is 9.59 Å². The number of hydrogen-bond acceptors (Lipinski definition) is 5. The van der Waals surface area contributed by atoms with Crippen molar-refractivity contribution in [2.75, 3.05) is 26.5 Å². The number of nitrogens with one attached hydrogen (secondary N) is 1. The number of hydrogen-bond donors (Lipinski definition) is 2. The zero-order chi connectivity index (χ0) is 24.9. The molecule has 0 saturated heterocycles. The minimum absolute atomic E-state index is 0.0115. The van der Waals surface area contributed by atoms with E-state index in [9.17, 15) is 14.4 Å². The van der Waals surface area contributed by atoms with Crippen LogP contribution < -0.4 is 5.32 Å². The standard InChI is InChI=1S/C26H32N2O5S/c1-26(2,34-4)16-28(3)24(31)22(13-14-23(29)30)27-25(32)33-15-21-19-11-7-5-9-17(19)18-10-6-8-12-20(18)21/h5-12,21-22H,13-16H2,1-4H3,(H,27,32)(H,29,30). The number of alkyl carbamates (subject to hydrolysis) is 1. The number of nitrogens with zero attached hydrogens (tertiary/aromatic N) is 1. The van der Waals surface area contributed by atoms with E-state index < -0.39 is 18.1 Å². The maximum Gasteiger partial charge on any atom is 0.407 e. The van der Waals surface area contributed by atoms with E-state index in [1.807, 2.05) is 56.5 Å². The van der Waals surface area contributed by atoms with Crippen molar-refractivity contribution in [1.29, 1.82) is 0 Å². The topological polar surface area (TPSA) is 95.9 Å². The summed E-state index contributed by atoms with van der Waals surface area (Å²) in [6.07, 6.45) is 0.986. The van der Waals surface area contributed by atoms with Crippen molar-refractivity contribution in [2.24, 2.45) is 0 Å². The van der Waals surface area contributed by atoms with Crippen molar-refractivity contribution in [3.63, 3.8) is 0 Å². The summed E-state index contributed by atoms with van der Waals surface area (Å²) < 4.78 is 5.38. The Bertz CT molecular complexity index is 1010. The number of carbonyl (C=O) groups is 3. The molecule has 1 aliphatic carbocycles. The van der Waals surface area contributed by atoms with Gasteiger partial charge in [0.05, 0.1) is 0 Å². The largest absolute Gasteiger partial charge is 0.481 e. The molecule has 0 saturated carbocycles. The first-order chi connectivity index (χ1) is 16.1. The van der Waals surface area contributed by atoms with Gasteiger partial charge in [-0.1, -0.05) is 48.5 Å². The van der Waals surface area contributed by atoms with Crippen LogP contribution in [0.3, 0.4) is 0 Å². The Kier molecular flexibility index (Phi) is 8.25. The Morgan fingerprint density at radius 1 is 1.09 bits per heavy atom. The van der Waals surface area contributed by atoms with Crippen LogP contribution in [0.5, 0.6) is 0 Å². The zero-order valence-corrected chi connectivity index (χ0v) is 20.9. The summed E-state index contributed by atoms with van der Waals surface area (Å²) in [4.78, 5) is 38.4. The van der Waals surface area contributed by atoms with Crippen molar-refractivity contribution in [1.82, 2.24) is 10.2 Å². The molecule has 2 N–H and O–H groups in total. The molecular weight excluding hydrogens is 452 g/mol. The number of likely N-dealkylation sites (N-methyl/N-ethyl adjacent to an activating group) is 1. The highest BCUT2D eigenvalue weighted by Gasteiger charge is 2.31. The van der Waals surface area contributed by atoms with Gasteiger partial charge in [0.1, 0.15) is 12.6 Å². The van der Waals surface area contributed by atoms with Gasteiger partial charge in [-0.15, -0.1) is 0 Å². The van der Waals surface area contributed by atoms with E-state index in [0.717, 1.165) is 22.3 Å². The summed E-state index contributed by atoms with van der Waals surface area (Å²) in [5, 5.41) is 11.7. The first kappa shape index (κ1) is 25.6. The third-order valence-corrected chi connectivity index (χ3v) is 7.36. The molecule has 8 heteroatoms. The van der Waals surface area contributed by atoms with Gasteiger partial charge in [-0.2, -0.15) is 11.8 Å². The molecule has 1 atom stereocenters. The highest BCUT2D eigenvalue weighted by Crippen LogP contribution is 2.44. The van der Waals surface area contributed by atoms with Crippen molar-refractivity contribution < 1.29 is 24.2 Å². The van der Waals surface area contributed by atoms with Gasteiger partial charge in [0.15, 0.2) is 0 Å². The number of carboxylic acid groups (broad SMARTS) is 1. The van der Waals surface area contributed by atoms with Crippen LogP contribution in [-0.2, 0) is 14.3 Å². The molecule has 3 rings (SSSR count). The number of thioether (sulfide) groups is 1. The van der Waals surface area contributed by atoms with Crippen LogP contribution in [0.1, 0.15) is 43.7 Å². The molecule has 2 amide bonds. The van der Waals surface area contributed by atoms with E-state index in [1.54, 1.807) is 18.8 Å². The second-order valence-electron chi connectivity index (χ2n) is 9.11. The molecule has 1 unspecified atom stereocenters. The van der Waals surface area contributed by atoms with Crippen molar-refractivity contribution in [3.05, 3.63) is 59.7 Å². The molecule has 0 fully saturated rings. The first-order valence-electron chi connectivity index (χ1n) is 11.3. The molecule has 0 heterocycles. The second-order valence-corrected chi connectivity index (χ2v) is 10.6. The molecule has 2 aromatic carbocycles. The molecular formula is C26H32N2O5S. The summed E-state index contributed by atoms with van der Waals surface area (Å²) in [5.74, 6) is -1.47. The van der Waals surface area contributed by atoms with E-state index in [-0.39, 0.29) is 36.0 Å². The number of benzene rings is 2. The number of carboxylic acids is 1. The Labute approximate surface area is 204 Å². The van der Waals surface area contributed by atoms with E-state index >= 15 is 0 Å². The predicted octanol–water partition coefficient (Wildman–Crippen LogP) is 4.36. The Morgan fingerprint density at radius 3 is 2.18 bits per heavy atom. The molecule has 0 bridgehead atoms. The number of carbonyl (C=O) groups excluding carboxylic acids is 2. The summed E-state index contributed by atoms with van der Waals surface area (Å²) >= 11 is 1.63. The van der Waals surface area contributed by atoms with Gasteiger partial charge in [-0.05, 0) is 48.8 Å².